The number of hydrogen-bond donors (Lipinski definition) is 0. The fourth-order valence-electron chi connectivity index (χ4n) is 3.22. The van der Waals surface area contributed by atoms with Gasteiger partial charge in [-0.05, 0) is 41.3 Å². The number of rotatable bonds is 1. The van der Waals surface area contributed by atoms with Crippen LogP contribution in [0.4, 0.5) is 0 Å². The van der Waals surface area contributed by atoms with E-state index in [-0.39, 0.29) is 0 Å². The molecule has 0 unspecified atom stereocenters. The van der Waals surface area contributed by atoms with Gasteiger partial charge < -0.3 is 9.13 Å². The molecule has 0 saturated heterocycles. The van der Waals surface area contributed by atoms with Crippen molar-refractivity contribution < 1.29 is 0 Å². The van der Waals surface area contributed by atoms with E-state index in [1.54, 1.807) is 0 Å². The minimum Gasteiger partial charge on any atom is -0.350 e. The first-order valence-corrected chi connectivity index (χ1v) is 7.84. The van der Waals surface area contributed by atoms with E-state index in [1.165, 1.54) is 35.0 Å². The Labute approximate surface area is 126 Å². The maximum atomic E-state index is 4.79. The molecule has 0 saturated carbocycles. The van der Waals surface area contributed by atoms with Crippen molar-refractivity contribution in [1.82, 2.24) is 14.1 Å². The van der Waals surface area contributed by atoms with Gasteiger partial charge in [0.05, 0.1) is 5.69 Å². The quantitative estimate of drug-likeness (QED) is 0.657. The van der Waals surface area contributed by atoms with Gasteiger partial charge in [0.15, 0.2) is 0 Å². The second kappa shape index (κ2) is 4.48. The van der Waals surface area contributed by atoms with Crippen molar-refractivity contribution in [3.63, 3.8) is 0 Å². The molecule has 1 aliphatic rings. The Morgan fingerprint density at radius 2 is 2.05 bits per heavy atom. The monoisotopic (exact) mass is 329 g/mol. The molecule has 0 fully saturated rings. The van der Waals surface area contributed by atoms with Gasteiger partial charge in [-0.1, -0.05) is 18.2 Å². The van der Waals surface area contributed by atoms with Crippen LogP contribution in [0.25, 0.3) is 22.3 Å². The molecule has 0 bridgehead atoms. The van der Waals surface area contributed by atoms with Crippen LogP contribution in [0, 0.1) is 0 Å². The largest absolute Gasteiger partial charge is 0.350 e. The average Bonchev–Trinajstić information content (AvgIpc) is 2.99. The molecule has 20 heavy (non-hydrogen) atoms. The summed E-state index contributed by atoms with van der Waals surface area (Å²) in [4.78, 5) is 4.79. The van der Waals surface area contributed by atoms with Crippen LogP contribution in [-0.2, 0) is 20.0 Å². The highest BCUT2D eigenvalue weighted by atomic mass is 79.9. The van der Waals surface area contributed by atoms with Crippen LogP contribution < -0.4 is 0 Å². The van der Waals surface area contributed by atoms with Crippen LogP contribution in [0.3, 0.4) is 0 Å². The van der Waals surface area contributed by atoms with Gasteiger partial charge in [-0.15, -0.1) is 0 Å². The summed E-state index contributed by atoms with van der Waals surface area (Å²) in [6.07, 6.45) is 5.83. The molecule has 0 amide bonds. The molecule has 1 aromatic carbocycles. The van der Waals surface area contributed by atoms with E-state index < -0.39 is 0 Å². The van der Waals surface area contributed by atoms with Gasteiger partial charge >= 0.3 is 0 Å². The summed E-state index contributed by atoms with van der Waals surface area (Å²) in [6.45, 7) is 1.08. The predicted molar refractivity (Wildman–Crippen MR) is 84.8 cm³/mol. The molecule has 0 N–H and O–H groups in total. The highest BCUT2D eigenvalue weighted by Crippen LogP contribution is 2.34. The molecular formula is C16H16BrN3. The molecule has 3 nitrogen and oxygen atoms in total. The Bertz CT molecular complexity index is 798. The molecule has 4 heteroatoms. The van der Waals surface area contributed by atoms with Crippen molar-refractivity contribution in [1.29, 1.82) is 0 Å². The maximum Gasteiger partial charge on any atom is 0.143 e. The summed E-state index contributed by atoms with van der Waals surface area (Å²) in [5.74, 6) is 1.10. The number of nitrogens with zero attached hydrogens (tertiary/aromatic N) is 3. The molecule has 1 aliphatic heterocycles. The Morgan fingerprint density at radius 3 is 2.95 bits per heavy atom. The van der Waals surface area contributed by atoms with E-state index in [4.69, 9.17) is 4.98 Å². The van der Waals surface area contributed by atoms with Gasteiger partial charge in [-0.2, -0.15) is 0 Å². The molecule has 2 aromatic heterocycles. The molecule has 0 spiro atoms. The van der Waals surface area contributed by atoms with Crippen LogP contribution in [0.1, 0.15) is 18.5 Å². The lowest BCUT2D eigenvalue weighted by Crippen LogP contribution is -2.10. The second-order valence-corrected chi connectivity index (χ2v) is 6.20. The number of imidazole rings is 1. The van der Waals surface area contributed by atoms with E-state index >= 15 is 0 Å². The van der Waals surface area contributed by atoms with E-state index in [0.717, 1.165) is 23.4 Å². The number of halogens is 1. The summed E-state index contributed by atoms with van der Waals surface area (Å²) < 4.78 is 5.58. The fourth-order valence-corrected chi connectivity index (χ4v) is 3.80. The highest BCUT2D eigenvalue weighted by molar-refractivity contribution is 9.10. The van der Waals surface area contributed by atoms with Gasteiger partial charge in [0.25, 0.3) is 0 Å². The summed E-state index contributed by atoms with van der Waals surface area (Å²) in [7, 11) is 2.10. The number of hydrogen-bond acceptors (Lipinski definition) is 1. The first-order chi connectivity index (χ1) is 9.75. The number of fused-ring (bicyclic) bond motifs is 2. The lowest BCUT2D eigenvalue weighted by molar-refractivity contribution is 0.535. The lowest BCUT2D eigenvalue weighted by atomic mass is 10.1. The minimum atomic E-state index is 1.01. The first-order valence-electron chi connectivity index (χ1n) is 7.05. The maximum absolute atomic E-state index is 4.79. The van der Waals surface area contributed by atoms with Crippen LogP contribution >= 0.6 is 15.9 Å². The van der Waals surface area contributed by atoms with Crippen molar-refractivity contribution in [2.75, 3.05) is 0 Å². The molecule has 0 atom stereocenters. The molecule has 102 valence electrons. The van der Waals surface area contributed by atoms with E-state index in [0.29, 0.717) is 0 Å². The zero-order valence-corrected chi connectivity index (χ0v) is 13.0. The third-order valence-electron chi connectivity index (χ3n) is 4.21. The number of benzene rings is 1. The van der Waals surface area contributed by atoms with Crippen molar-refractivity contribution in [3.8, 4) is 11.4 Å². The normalized spacial score (nSPS) is 14.7. The van der Waals surface area contributed by atoms with Crippen LogP contribution in [0.5, 0.6) is 0 Å². The number of aryl methyl sites for hydroxylation is 1. The van der Waals surface area contributed by atoms with Gasteiger partial charge in [0, 0.05) is 36.3 Å². The second-order valence-electron chi connectivity index (χ2n) is 5.45. The molecule has 0 radical (unpaired) electrons. The number of para-hydroxylation sites is 1. The van der Waals surface area contributed by atoms with E-state index in [9.17, 15) is 0 Å². The summed E-state index contributed by atoms with van der Waals surface area (Å²) >= 11 is 3.63. The Balaban J connectivity index is 2.00. The van der Waals surface area contributed by atoms with Gasteiger partial charge in [0.1, 0.15) is 10.4 Å². The summed E-state index contributed by atoms with van der Waals surface area (Å²) in [6, 6.07) is 8.53. The molecule has 3 aromatic rings. The average molecular weight is 330 g/mol. The predicted octanol–water partition coefficient (Wildman–Crippen LogP) is 4.14. The first kappa shape index (κ1) is 12.2. The molecular weight excluding hydrogens is 314 g/mol. The van der Waals surface area contributed by atoms with Crippen LogP contribution in [-0.4, -0.2) is 14.1 Å². The van der Waals surface area contributed by atoms with Crippen LogP contribution in [0.15, 0.2) is 35.1 Å². The third kappa shape index (κ3) is 1.67. The van der Waals surface area contributed by atoms with Gasteiger partial charge in [-0.25, -0.2) is 4.98 Å². The highest BCUT2D eigenvalue weighted by Gasteiger charge is 2.21. The van der Waals surface area contributed by atoms with Crippen molar-refractivity contribution in [2.24, 2.45) is 7.05 Å². The fraction of sp³-hybridized carbons (Fsp3) is 0.312. The summed E-state index contributed by atoms with van der Waals surface area (Å²) in [5.41, 5.74) is 3.84. The zero-order valence-electron chi connectivity index (χ0n) is 11.4. The van der Waals surface area contributed by atoms with Crippen LogP contribution in [0.2, 0.25) is 0 Å². The van der Waals surface area contributed by atoms with Crippen molar-refractivity contribution in [3.05, 3.63) is 40.8 Å². The topological polar surface area (TPSA) is 22.8 Å². The number of aromatic nitrogens is 3. The van der Waals surface area contributed by atoms with E-state index in [2.05, 4.69) is 62.6 Å². The Hall–Kier alpha value is -1.55. The van der Waals surface area contributed by atoms with Crippen molar-refractivity contribution in [2.45, 2.75) is 25.8 Å². The smallest absolute Gasteiger partial charge is 0.143 e. The van der Waals surface area contributed by atoms with E-state index in [1.807, 2.05) is 0 Å². The SMILES string of the molecule is Cn1cc(-c2nc(Br)c3n2CCCC3)c2ccccc21. The van der Waals surface area contributed by atoms with Gasteiger partial charge in [-0.3, -0.25) is 0 Å². The standard InChI is InChI=1S/C16H16BrN3/c1-19-10-12(11-6-2-3-7-13(11)19)16-18-15(17)14-8-4-5-9-20(14)16/h2-3,6-7,10H,4-5,8-9H2,1H3. The molecule has 0 aliphatic carbocycles. The lowest BCUT2D eigenvalue weighted by Gasteiger charge is -2.16. The molecule has 4 rings (SSSR count). The Morgan fingerprint density at radius 1 is 1.20 bits per heavy atom. The Kier molecular flexibility index (Phi) is 2.74. The van der Waals surface area contributed by atoms with Gasteiger partial charge in [0.2, 0.25) is 0 Å². The van der Waals surface area contributed by atoms with Crippen molar-refractivity contribution >= 4 is 26.8 Å². The third-order valence-corrected chi connectivity index (χ3v) is 4.84. The molecule has 3 heterocycles. The summed E-state index contributed by atoms with van der Waals surface area (Å²) in [5, 5.41) is 1.28. The zero-order chi connectivity index (χ0) is 13.7. The minimum absolute atomic E-state index is 1.01.